The average molecular weight is 162 g/mol. The molecule has 1 nitrogen and oxygen atoms in total. The van der Waals surface area contributed by atoms with E-state index >= 15 is 0 Å². The van der Waals surface area contributed by atoms with Crippen LogP contribution in [-0.2, 0) is 4.57 Å². The highest BCUT2D eigenvalue weighted by atomic mass is 32.0. The molecular weight excluding hydrogens is 150 g/mol. The number of hydrogen-bond donors (Lipinski definition) is 0. The van der Waals surface area contributed by atoms with Crippen LogP contribution in [0.15, 0.2) is 11.6 Å². The van der Waals surface area contributed by atoms with Crippen molar-refractivity contribution in [2.45, 2.75) is 20.3 Å². The molecule has 52 valence electrons. The van der Waals surface area contributed by atoms with E-state index in [2.05, 4.69) is 19.9 Å². The minimum Gasteiger partial charge on any atom is -0.270 e. The monoisotopic (exact) mass is 162 g/mol. The Labute approximate surface area is 59.8 Å². The molecule has 0 aliphatic heterocycles. The summed E-state index contributed by atoms with van der Waals surface area (Å²) in [6, 6.07) is 0. The quantitative estimate of drug-likeness (QED) is 0.352. The molecule has 9 heavy (non-hydrogen) atoms. The Morgan fingerprint density at radius 1 is 1.78 bits per heavy atom. The van der Waals surface area contributed by atoms with Crippen LogP contribution < -0.4 is 0 Å². The van der Waals surface area contributed by atoms with Crippen LogP contribution in [0.2, 0.25) is 0 Å². The van der Waals surface area contributed by atoms with Gasteiger partial charge in [-0.1, -0.05) is 18.6 Å². The summed E-state index contributed by atoms with van der Waals surface area (Å²) < 4.78 is 9.95. The second kappa shape index (κ2) is 6.39. The van der Waals surface area contributed by atoms with Crippen LogP contribution >= 0.6 is 16.4 Å². The van der Waals surface area contributed by atoms with Crippen LogP contribution in [0.4, 0.5) is 0 Å². The summed E-state index contributed by atoms with van der Waals surface area (Å²) in [6.07, 6.45) is 4.24. The van der Waals surface area contributed by atoms with E-state index in [4.69, 9.17) is 0 Å². The lowest BCUT2D eigenvalue weighted by molar-refractivity contribution is 0.605. The smallest absolute Gasteiger partial charge is 0.178 e. The molecule has 0 amide bonds. The first-order valence-corrected chi connectivity index (χ1v) is 5.88. The fourth-order valence-electron chi connectivity index (χ4n) is 0.401. The molecule has 0 rings (SSSR count). The largest absolute Gasteiger partial charge is 0.270 e. The van der Waals surface area contributed by atoms with Gasteiger partial charge >= 0.3 is 0 Å². The highest BCUT2D eigenvalue weighted by molar-refractivity contribution is 8.05. The number of allylic oxidation sites excluding steroid dienone is 2. The lowest BCUT2D eigenvalue weighted by Crippen LogP contribution is -1.71. The van der Waals surface area contributed by atoms with E-state index in [1.54, 1.807) is 0 Å². The van der Waals surface area contributed by atoms with Gasteiger partial charge in [-0.3, -0.25) is 4.57 Å². The summed E-state index contributed by atoms with van der Waals surface area (Å²) in [4.78, 5) is 0. The Hall–Kier alpha value is 0.270. The zero-order valence-corrected chi connectivity index (χ0v) is 7.74. The van der Waals surface area contributed by atoms with Crippen LogP contribution in [0.1, 0.15) is 20.3 Å². The summed E-state index contributed by atoms with van der Waals surface area (Å²) >= 11 is 0. The molecule has 0 aliphatic rings. The molecular formula is C6H12OP2. The SMILES string of the molecule is CC/C(C)=C/CPP=O. The first kappa shape index (κ1) is 9.27. The van der Waals surface area contributed by atoms with Crippen molar-refractivity contribution in [1.82, 2.24) is 0 Å². The Balaban J connectivity index is 3.31. The molecule has 0 radical (unpaired) electrons. The van der Waals surface area contributed by atoms with E-state index in [0.717, 1.165) is 12.6 Å². The van der Waals surface area contributed by atoms with Crippen molar-refractivity contribution in [1.29, 1.82) is 0 Å². The third kappa shape index (κ3) is 6.15. The highest BCUT2D eigenvalue weighted by Crippen LogP contribution is 2.26. The van der Waals surface area contributed by atoms with Gasteiger partial charge in [0.1, 0.15) is 0 Å². The number of hydrogen-bond acceptors (Lipinski definition) is 1. The minimum atomic E-state index is 0.290. The van der Waals surface area contributed by atoms with E-state index < -0.39 is 0 Å². The maximum Gasteiger partial charge on any atom is 0.178 e. The van der Waals surface area contributed by atoms with Crippen molar-refractivity contribution >= 4 is 16.4 Å². The van der Waals surface area contributed by atoms with Gasteiger partial charge in [0, 0.05) is 0 Å². The van der Waals surface area contributed by atoms with Crippen molar-refractivity contribution in [3.63, 3.8) is 0 Å². The molecule has 0 spiro atoms. The second-order valence-electron chi connectivity index (χ2n) is 1.86. The van der Waals surface area contributed by atoms with E-state index in [1.807, 2.05) is 0 Å². The Bertz CT molecular complexity index is 110. The van der Waals surface area contributed by atoms with Crippen molar-refractivity contribution in [3.8, 4) is 0 Å². The molecule has 0 N–H and O–H groups in total. The molecule has 0 saturated heterocycles. The predicted molar refractivity (Wildman–Crippen MR) is 44.8 cm³/mol. The third-order valence-corrected chi connectivity index (χ3v) is 2.61. The predicted octanol–water partition coefficient (Wildman–Crippen LogP) is 3.23. The van der Waals surface area contributed by atoms with Crippen molar-refractivity contribution < 1.29 is 4.57 Å². The van der Waals surface area contributed by atoms with E-state index in [0.29, 0.717) is 8.27 Å². The normalized spacial score (nSPS) is 13.8. The zero-order valence-electron chi connectivity index (χ0n) is 5.85. The highest BCUT2D eigenvalue weighted by Gasteiger charge is 1.82. The van der Waals surface area contributed by atoms with E-state index in [1.165, 1.54) is 5.57 Å². The summed E-state index contributed by atoms with van der Waals surface area (Å²) in [6.45, 7) is 4.23. The molecule has 1 atom stereocenters. The average Bonchev–Trinajstić information content (AvgIpc) is 1.89. The Kier molecular flexibility index (Phi) is 6.58. The van der Waals surface area contributed by atoms with Gasteiger partial charge in [0.15, 0.2) is 8.15 Å². The lowest BCUT2D eigenvalue weighted by atomic mass is 10.2. The van der Waals surface area contributed by atoms with Crippen LogP contribution in [0.3, 0.4) is 0 Å². The second-order valence-corrected chi connectivity index (χ2v) is 4.26. The van der Waals surface area contributed by atoms with E-state index in [9.17, 15) is 4.57 Å². The van der Waals surface area contributed by atoms with Gasteiger partial charge in [-0.15, -0.1) is 0 Å². The molecule has 0 saturated carbocycles. The van der Waals surface area contributed by atoms with E-state index in [-0.39, 0.29) is 8.15 Å². The van der Waals surface area contributed by atoms with Gasteiger partial charge in [-0.2, -0.15) is 0 Å². The molecule has 0 aliphatic carbocycles. The van der Waals surface area contributed by atoms with Gasteiger partial charge in [-0.05, 0) is 27.8 Å². The molecule has 0 fully saturated rings. The lowest BCUT2D eigenvalue weighted by Gasteiger charge is -1.90. The molecule has 0 aromatic carbocycles. The fraction of sp³-hybridized carbons (Fsp3) is 0.667. The maximum atomic E-state index is 9.95. The fourth-order valence-corrected chi connectivity index (χ4v) is 1.41. The Morgan fingerprint density at radius 3 is 2.89 bits per heavy atom. The van der Waals surface area contributed by atoms with Gasteiger partial charge in [0.05, 0.1) is 0 Å². The molecule has 1 unspecified atom stereocenters. The van der Waals surface area contributed by atoms with Gasteiger partial charge in [0.2, 0.25) is 0 Å². The van der Waals surface area contributed by atoms with Crippen LogP contribution in [0.5, 0.6) is 0 Å². The van der Waals surface area contributed by atoms with Crippen molar-refractivity contribution in [2.75, 3.05) is 6.16 Å². The maximum absolute atomic E-state index is 9.95. The Morgan fingerprint density at radius 2 is 2.44 bits per heavy atom. The summed E-state index contributed by atoms with van der Waals surface area (Å²) in [5, 5.41) is 0. The van der Waals surface area contributed by atoms with Gasteiger partial charge in [0.25, 0.3) is 0 Å². The molecule has 0 bridgehead atoms. The third-order valence-electron chi connectivity index (χ3n) is 1.16. The molecule has 0 heterocycles. The first-order chi connectivity index (χ1) is 4.31. The molecule has 3 heteroatoms. The molecule has 0 aromatic rings. The topological polar surface area (TPSA) is 17.1 Å². The summed E-state index contributed by atoms with van der Waals surface area (Å²) in [5.74, 6) is 0. The van der Waals surface area contributed by atoms with Crippen molar-refractivity contribution in [2.24, 2.45) is 0 Å². The van der Waals surface area contributed by atoms with Crippen LogP contribution in [0.25, 0.3) is 0 Å². The molecule has 0 aromatic heterocycles. The van der Waals surface area contributed by atoms with Gasteiger partial charge in [-0.25, -0.2) is 0 Å². The van der Waals surface area contributed by atoms with Gasteiger partial charge < -0.3 is 0 Å². The minimum absolute atomic E-state index is 0.290. The summed E-state index contributed by atoms with van der Waals surface area (Å²) in [7, 11) is 0.841. The number of rotatable bonds is 4. The van der Waals surface area contributed by atoms with Crippen LogP contribution in [0, 0.1) is 0 Å². The standard InChI is InChI=1S/C6H12OP2/c1-3-6(2)4-5-8-9-7/h4,8H,3,5H2,1-2H3/b6-4+. The van der Waals surface area contributed by atoms with Crippen molar-refractivity contribution in [3.05, 3.63) is 11.6 Å². The van der Waals surface area contributed by atoms with Crippen LogP contribution in [-0.4, -0.2) is 6.16 Å². The summed E-state index contributed by atoms with van der Waals surface area (Å²) in [5.41, 5.74) is 1.39. The first-order valence-electron chi connectivity index (χ1n) is 3.02. The zero-order chi connectivity index (χ0) is 7.11.